The highest BCUT2D eigenvalue weighted by molar-refractivity contribution is 5.49. The van der Waals surface area contributed by atoms with Gasteiger partial charge in [-0.25, -0.2) is 0 Å². The first-order valence-electron chi connectivity index (χ1n) is 6.95. The highest BCUT2D eigenvalue weighted by Gasteiger charge is 2.31. The maximum atomic E-state index is 4.21. The van der Waals surface area contributed by atoms with E-state index in [1.807, 2.05) is 0 Å². The normalized spacial score (nSPS) is 30.1. The Morgan fingerprint density at radius 1 is 1.28 bits per heavy atom. The van der Waals surface area contributed by atoms with Crippen LogP contribution < -0.4 is 0 Å². The van der Waals surface area contributed by atoms with Crippen LogP contribution in [0.3, 0.4) is 0 Å². The molecule has 0 aromatic rings. The summed E-state index contributed by atoms with van der Waals surface area (Å²) in [6, 6.07) is 0. The first kappa shape index (κ1) is 13.1. The second-order valence-electron chi connectivity index (χ2n) is 5.77. The predicted molar refractivity (Wildman–Crippen MR) is 80.5 cm³/mol. The zero-order valence-corrected chi connectivity index (χ0v) is 11.9. The largest absolute Gasteiger partial charge is 0.0992 e. The Morgan fingerprint density at radius 3 is 2.67 bits per heavy atom. The summed E-state index contributed by atoms with van der Waals surface area (Å²) in [6.45, 7) is 11.0. The smallest absolute Gasteiger partial charge is 0.0165 e. The van der Waals surface area contributed by atoms with Crippen LogP contribution >= 0.6 is 0 Å². The SMILES string of the molecule is C=C(C)C1(C)CC=CC=C1/C(C)=C1/C=CCCC1. The minimum Gasteiger partial charge on any atom is -0.0992 e. The van der Waals surface area contributed by atoms with Crippen LogP contribution in [0.5, 0.6) is 0 Å². The fourth-order valence-electron chi connectivity index (χ4n) is 2.91. The zero-order valence-electron chi connectivity index (χ0n) is 11.9. The van der Waals surface area contributed by atoms with Crippen molar-refractivity contribution in [1.29, 1.82) is 0 Å². The Hall–Kier alpha value is -1.30. The van der Waals surface area contributed by atoms with Gasteiger partial charge in [0.25, 0.3) is 0 Å². The Kier molecular flexibility index (Phi) is 3.75. The molecule has 0 aliphatic heterocycles. The van der Waals surface area contributed by atoms with Gasteiger partial charge in [-0.1, -0.05) is 49.5 Å². The molecule has 1 unspecified atom stereocenters. The number of rotatable bonds is 2. The van der Waals surface area contributed by atoms with Crippen molar-refractivity contribution in [2.45, 2.75) is 46.5 Å². The van der Waals surface area contributed by atoms with Crippen LogP contribution in [0.15, 0.2) is 59.3 Å². The summed E-state index contributed by atoms with van der Waals surface area (Å²) in [5, 5.41) is 0. The number of hydrogen-bond donors (Lipinski definition) is 0. The van der Waals surface area contributed by atoms with E-state index in [1.165, 1.54) is 41.6 Å². The third-order valence-corrected chi connectivity index (χ3v) is 4.48. The van der Waals surface area contributed by atoms with Crippen molar-refractivity contribution >= 4 is 0 Å². The lowest BCUT2D eigenvalue weighted by Gasteiger charge is -2.36. The molecule has 0 saturated heterocycles. The van der Waals surface area contributed by atoms with Gasteiger partial charge in [-0.3, -0.25) is 0 Å². The van der Waals surface area contributed by atoms with Gasteiger partial charge in [0, 0.05) is 5.41 Å². The second kappa shape index (κ2) is 5.14. The molecular formula is C18H24. The molecule has 0 aromatic carbocycles. The number of allylic oxidation sites excluding steroid dienone is 9. The molecule has 0 amide bonds. The van der Waals surface area contributed by atoms with E-state index in [0.717, 1.165) is 6.42 Å². The summed E-state index contributed by atoms with van der Waals surface area (Å²) in [6.07, 6.45) is 16.2. The van der Waals surface area contributed by atoms with Crippen molar-refractivity contribution in [3.05, 3.63) is 59.3 Å². The van der Waals surface area contributed by atoms with E-state index in [1.54, 1.807) is 0 Å². The molecule has 0 saturated carbocycles. The third kappa shape index (κ3) is 2.29. The van der Waals surface area contributed by atoms with Gasteiger partial charge in [0.1, 0.15) is 0 Å². The minimum atomic E-state index is 0.108. The fourth-order valence-corrected chi connectivity index (χ4v) is 2.91. The maximum Gasteiger partial charge on any atom is 0.0165 e. The van der Waals surface area contributed by atoms with Crippen LogP contribution in [0.4, 0.5) is 0 Å². The molecule has 2 aliphatic rings. The molecule has 1 atom stereocenters. The van der Waals surface area contributed by atoms with Gasteiger partial charge in [0.05, 0.1) is 0 Å². The molecule has 0 radical (unpaired) electrons. The minimum absolute atomic E-state index is 0.108. The first-order valence-corrected chi connectivity index (χ1v) is 6.95. The summed E-state index contributed by atoms with van der Waals surface area (Å²) in [5.74, 6) is 0. The van der Waals surface area contributed by atoms with Crippen LogP contribution in [0.1, 0.15) is 46.5 Å². The highest BCUT2D eigenvalue weighted by atomic mass is 14.3. The van der Waals surface area contributed by atoms with Gasteiger partial charge in [0.2, 0.25) is 0 Å². The first-order chi connectivity index (χ1) is 8.55. The summed E-state index contributed by atoms with van der Waals surface area (Å²) in [4.78, 5) is 0. The molecule has 0 heteroatoms. The van der Waals surface area contributed by atoms with E-state index < -0.39 is 0 Å². The quantitative estimate of drug-likeness (QED) is 0.558. The van der Waals surface area contributed by atoms with Gasteiger partial charge < -0.3 is 0 Å². The van der Waals surface area contributed by atoms with Crippen molar-refractivity contribution in [3.63, 3.8) is 0 Å². The van der Waals surface area contributed by atoms with Crippen molar-refractivity contribution in [3.8, 4) is 0 Å². The zero-order chi connectivity index (χ0) is 13.2. The lowest BCUT2D eigenvalue weighted by Crippen LogP contribution is -2.23. The van der Waals surface area contributed by atoms with Gasteiger partial charge in [-0.2, -0.15) is 0 Å². The average molecular weight is 240 g/mol. The van der Waals surface area contributed by atoms with Crippen molar-refractivity contribution in [1.82, 2.24) is 0 Å². The maximum absolute atomic E-state index is 4.21. The molecule has 0 nitrogen and oxygen atoms in total. The summed E-state index contributed by atoms with van der Waals surface area (Å²) in [5.41, 5.74) is 5.80. The Morgan fingerprint density at radius 2 is 2.06 bits per heavy atom. The molecule has 96 valence electrons. The molecule has 0 fully saturated rings. The fraction of sp³-hybridized carbons (Fsp3) is 0.444. The van der Waals surface area contributed by atoms with Crippen molar-refractivity contribution < 1.29 is 0 Å². The topological polar surface area (TPSA) is 0 Å². The monoisotopic (exact) mass is 240 g/mol. The van der Waals surface area contributed by atoms with Crippen LogP contribution in [0.2, 0.25) is 0 Å². The molecule has 2 aliphatic carbocycles. The molecular weight excluding hydrogens is 216 g/mol. The summed E-state index contributed by atoms with van der Waals surface area (Å²) < 4.78 is 0. The molecule has 0 bridgehead atoms. The van der Waals surface area contributed by atoms with E-state index in [2.05, 4.69) is 57.7 Å². The van der Waals surface area contributed by atoms with Crippen LogP contribution in [-0.2, 0) is 0 Å². The van der Waals surface area contributed by atoms with Gasteiger partial charge in [0.15, 0.2) is 0 Å². The summed E-state index contributed by atoms with van der Waals surface area (Å²) in [7, 11) is 0. The van der Waals surface area contributed by atoms with E-state index in [9.17, 15) is 0 Å². The summed E-state index contributed by atoms with van der Waals surface area (Å²) >= 11 is 0. The molecule has 0 aromatic heterocycles. The van der Waals surface area contributed by atoms with Gasteiger partial charge in [-0.15, -0.1) is 0 Å². The van der Waals surface area contributed by atoms with Crippen LogP contribution in [0.25, 0.3) is 0 Å². The molecule has 0 heterocycles. The molecule has 0 N–H and O–H groups in total. The van der Waals surface area contributed by atoms with E-state index in [-0.39, 0.29) is 5.41 Å². The van der Waals surface area contributed by atoms with E-state index in [4.69, 9.17) is 0 Å². The highest BCUT2D eigenvalue weighted by Crippen LogP contribution is 2.45. The van der Waals surface area contributed by atoms with Gasteiger partial charge in [-0.05, 0) is 56.3 Å². The lowest BCUT2D eigenvalue weighted by atomic mass is 9.68. The van der Waals surface area contributed by atoms with Crippen molar-refractivity contribution in [2.75, 3.05) is 0 Å². The Bertz CT molecular complexity index is 468. The van der Waals surface area contributed by atoms with E-state index in [0.29, 0.717) is 0 Å². The second-order valence-corrected chi connectivity index (χ2v) is 5.77. The molecule has 0 spiro atoms. The molecule has 18 heavy (non-hydrogen) atoms. The van der Waals surface area contributed by atoms with Crippen LogP contribution in [-0.4, -0.2) is 0 Å². The van der Waals surface area contributed by atoms with Gasteiger partial charge >= 0.3 is 0 Å². The Labute approximate surface area is 111 Å². The third-order valence-electron chi connectivity index (χ3n) is 4.48. The molecule has 2 rings (SSSR count). The predicted octanol–water partition coefficient (Wildman–Crippen LogP) is 5.51. The number of hydrogen-bond acceptors (Lipinski definition) is 0. The van der Waals surface area contributed by atoms with E-state index >= 15 is 0 Å². The standard InChI is InChI=1S/C18H24/c1-14(2)18(4)13-9-8-12-17(18)15(3)16-10-6-5-7-11-16/h6,8-10,12H,1,5,7,11,13H2,2-4H3/b16-15-. The lowest BCUT2D eigenvalue weighted by molar-refractivity contribution is 0.487. The Balaban J connectivity index is 2.44. The average Bonchev–Trinajstić information content (AvgIpc) is 2.39. The van der Waals surface area contributed by atoms with Crippen LogP contribution in [0, 0.1) is 5.41 Å². The van der Waals surface area contributed by atoms with Crippen molar-refractivity contribution in [2.24, 2.45) is 5.41 Å².